The van der Waals surface area contributed by atoms with E-state index in [2.05, 4.69) is 5.32 Å². The van der Waals surface area contributed by atoms with Gasteiger partial charge >= 0.3 is 5.97 Å². The fraction of sp³-hybridized carbons (Fsp3) is 0.846. The van der Waals surface area contributed by atoms with Crippen molar-refractivity contribution in [1.29, 1.82) is 0 Å². The maximum absolute atomic E-state index is 12.1. The Hall–Kier alpha value is -1.06. The van der Waals surface area contributed by atoms with E-state index in [1.54, 1.807) is 0 Å². The Labute approximate surface area is 101 Å². The van der Waals surface area contributed by atoms with Crippen molar-refractivity contribution in [3.8, 4) is 0 Å². The Morgan fingerprint density at radius 2 is 1.82 bits per heavy atom. The number of carboxylic acid groups (broad SMARTS) is 1. The van der Waals surface area contributed by atoms with Crippen LogP contribution in [-0.2, 0) is 9.59 Å². The fourth-order valence-electron chi connectivity index (χ4n) is 3.47. The van der Waals surface area contributed by atoms with Crippen molar-refractivity contribution in [3.05, 3.63) is 0 Å². The van der Waals surface area contributed by atoms with Crippen molar-refractivity contribution in [2.24, 2.45) is 11.3 Å². The average Bonchev–Trinajstić information content (AvgIpc) is 3.13. The van der Waals surface area contributed by atoms with E-state index >= 15 is 0 Å². The van der Waals surface area contributed by atoms with Crippen LogP contribution in [0.2, 0.25) is 0 Å². The molecule has 17 heavy (non-hydrogen) atoms. The number of carbonyl (C=O) groups excluding carboxylic acids is 1. The second-order valence-corrected chi connectivity index (χ2v) is 6.17. The predicted octanol–water partition coefficient (Wildman–Crippen LogP) is 1.69. The summed E-state index contributed by atoms with van der Waals surface area (Å²) in [6, 6.07) is 0. The summed E-state index contributed by atoms with van der Waals surface area (Å²) in [5.41, 5.74) is -0.0886. The summed E-state index contributed by atoms with van der Waals surface area (Å²) >= 11 is 0. The van der Waals surface area contributed by atoms with Gasteiger partial charge in [0.25, 0.3) is 0 Å². The zero-order valence-electron chi connectivity index (χ0n) is 10.00. The highest BCUT2D eigenvalue weighted by molar-refractivity contribution is 5.84. The lowest BCUT2D eigenvalue weighted by Crippen LogP contribution is -2.48. The van der Waals surface area contributed by atoms with Crippen molar-refractivity contribution in [2.45, 2.75) is 56.9 Å². The lowest BCUT2D eigenvalue weighted by Gasteiger charge is -2.28. The van der Waals surface area contributed by atoms with E-state index in [1.165, 1.54) is 12.8 Å². The first-order chi connectivity index (χ1) is 8.05. The third kappa shape index (κ3) is 1.94. The Bertz CT molecular complexity index is 367. The molecule has 2 N–H and O–H groups in total. The van der Waals surface area contributed by atoms with Gasteiger partial charge in [0.1, 0.15) is 0 Å². The molecule has 0 aromatic rings. The van der Waals surface area contributed by atoms with Gasteiger partial charge in [0.15, 0.2) is 0 Å². The third-order valence-corrected chi connectivity index (χ3v) is 4.84. The van der Waals surface area contributed by atoms with Crippen molar-refractivity contribution < 1.29 is 14.7 Å². The lowest BCUT2D eigenvalue weighted by atomic mass is 9.93. The predicted molar refractivity (Wildman–Crippen MR) is 61.4 cm³/mol. The highest BCUT2D eigenvalue weighted by Crippen LogP contribution is 2.70. The number of rotatable bonds is 4. The molecule has 0 saturated heterocycles. The van der Waals surface area contributed by atoms with Crippen LogP contribution >= 0.6 is 0 Å². The number of carbonyl (C=O) groups is 2. The molecule has 0 heterocycles. The van der Waals surface area contributed by atoms with Crippen LogP contribution < -0.4 is 5.32 Å². The minimum atomic E-state index is -0.802. The van der Waals surface area contributed by atoms with E-state index < -0.39 is 11.5 Å². The van der Waals surface area contributed by atoms with Gasteiger partial charge in [-0.15, -0.1) is 0 Å². The monoisotopic (exact) mass is 237 g/mol. The third-order valence-electron chi connectivity index (χ3n) is 4.84. The molecule has 0 radical (unpaired) electrons. The van der Waals surface area contributed by atoms with Gasteiger partial charge in [-0.05, 0) is 37.5 Å². The quantitative estimate of drug-likeness (QED) is 0.782. The Kier molecular flexibility index (Phi) is 2.25. The molecule has 3 rings (SSSR count). The number of amides is 1. The molecule has 3 aliphatic rings. The molecule has 94 valence electrons. The van der Waals surface area contributed by atoms with Crippen LogP contribution in [0.15, 0.2) is 0 Å². The van der Waals surface area contributed by atoms with Gasteiger partial charge < -0.3 is 10.4 Å². The molecule has 1 spiro atoms. The van der Waals surface area contributed by atoms with Crippen molar-refractivity contribution >= 4 is 11.9 Å². The number of nitrogens with one attached hydrogen (secondary N) is 1. The van der Waals surface area contributed by atoms with Crippen LogP contribution in [0, 0.1) is 11.3 Å². The first-order valence-corrected chi connectivity index (χ1v) is 6.59. The van der Waals surface area contributed by atoms with E-state index in [1.807, 2.05) is 0 Å². The van der Waals surface area contributed by atoms with E-state index in [0.717, 1.165) is 32.1 Å². The van der Waals surface area contributed by atoms with Gasteiger partial charge in [-0.2, -0.15) is 0 Å². The zero-order valence-corrected chi connectivity index (χ0v) is 10.00. The second-order valence-electron chi connectivity index (χ2n) is 6.17. The molecule has 3 aliphatic carbocycles. The summed E-state index contributed by atoms with van der Waals surface area (Å²) in [4.78, 5) is 23.0. The minimum Gasteiger partial charge on any atom is -0.481 e. The van der Waals surface area contributed by atoms with Gasteiger partial charge in [0, 0.05) is 5.92 Å². The van der Waals surface area contributed by atoms with Crippen LogP contribution in [-0.4, -0.2) is 22.5 Å². The molecular formula is C13H19NO3. The molecule has 3 saturated carbocycles. The minimum absolute atomic E-state index is 0.0818. The van der Waals surface area contributed by atoms with E-state index in [4.69, 9.17) is 5.11 Å². The van der Waals surface area contributed by atoms with Crippen LogP contribution in [0.25, 0.3) is 0 Å². The number of aliphatic carboxylic acids is 1. The largest absolute Gasteiger partial charge is 0.481 e. The summed E-state index contributed by atoms with van der Waals surface area (Å²) in [7, 11) is 0. The molecular weight excluding hydrogens is 218 g/mol. The van der Waals surface area contributed by atoms with Crippen molar-refractivity contribution in [1.82, 2.24) is 5.32 Å². The Morgan fingerprint density at radius 1 is 1.18 bits per heavy atom. The Balaban J connectivity index is 1.63. The van der Waals surface area contributed by atoms with Crippen LogP contribution in [0.4, 0.5) is 0 Å². The Morgan fingerprint density at radius 3 is 2.29 bits per heavy atom. The van der Waals surface area contributed by atoms with Gasteiger partial charge in [0.05, 0.1) is 12.0 Å². The fourth-order valence-corrected chi connectivity index (χ4v) is 3.47. The van der Waals surface area contributed by atoms with E-state index in [9.17, 15) is 9.59 Å². The summed E-state index contributed by atoms with van der Waals surface area (Å²) < 4.78 is 0. The molecule has 1 unspecified atom stereocenters. The SMILES string of the molecule is O=C(O)CC1(NC(=O)C2CC23CC3)CCCC1. The van der Waals surface area contributed by atoms with Gasteiger partial charge in [-0.3, -0.25) is 9.59 Å². The molecule has 4 nitrogen and oxygen atoms in total. The maximum Gasteiger partial charge on any atom is 0.305 e. The lowest BCUT2D eigenvalue weighted by molar-refractivity contribution is -0.139. The molecule has 4 heteroatoms. The average molecular weight is 237 g/mol. The molecule has 0 aromatic heterocycles. The van der Waals surface area contributed by atoms with Crippen molar-refractivity contribution in [2.75, 3.05) is 0 Å². The van der Waals surface area contributed by atoms with Gasteiger partial charge in [-0.1, -0.05) is 12.8 Å². The highest BCUT2D eigenvalue weighted by atomic mass is 16.4. The van der Waals surface area contributed by atoms with Gasteiger partial charge in [0.2, 0.25) is 5.91 Å². The number of carboxylic acids is 1. The van der Waals surface area contributed by atoms with E-state index in [-0.39, 0.29) is 18.2 Å². The smallest absolute Gasteiger partial charge is 0.305 e. The molecule has 0 bridgehead atoms. The van der Waals surface area contributed by atoms with Crippen molar-refractivity contribution in [3.63, 3.8) is 0 Å². The molecule has 3 fully saturated rings. The normalized spacial score (nSPS) is 31.2. The molecule has 0 aromatic carbocycles. The second kappa shape index (κ2) is 3.47. The number of hydrogen-bond acceptors (Lipinski definition) is 2. The molecule has 0 aliphatic heterocycles. The summed E-state index contributed by atoms with van der Waals surface area (Å²) in [5.74, 6) is -0.497. The standard InChI is InChI=1S/C13H19NO3/c15-10(16)8-13(3-1-2-4-13)14-11(17)9-7-12(9)5-6-12/h9H,1-8H2,(H,14,17)(H,15,16). The van der Waals surface area contributed by atoms with E-state index in [0.29, 0.717) is 5.41 Å². The van der Waals surface area contributed by atoms with Crippen LogP contribution in [0.1, 0.15) is 51.4 Å². The highest BCUT2D eigenvalue weighted by Gasteiger charge is 2.66. The zero-order chi connectivity index (χ0) is 12.1. The maximum atomic E-state index is 12.1. The number of hydrogen-bond donors (Lipinski definition) is 2. The summed E-state index contributed by atoms with van der Waals surface area (Å²) in [5, 5.41) is 12.0. The molecule has 1 amide bonds. The summed E-state index contributed by atoms with van der Waals surface area (Å²) in [6.45, 7) is 0. The first-order valence-electron chi connectivity index (χ1n) is 6.59. The summed E-state index contributed by atoms with van der Waals surface area (Å²) in [6.07, 6.45) is 7.21. The van der Waals surface area contributed by atoms with Crippen LogP contribution in [0.5, 0.6) is 0 Å². The van der Waals surface area contributed by atoms with Crippen LogP contribution in [0.3, 0.4) is 0 Å². The first kappa shape index (κ1) is 11.1. The topological polar surface area (TPSA) is 66.4 Å². The van der Waals surface area contributed by atoms with Gasteiger partial charge in [-0.25, -0.2) is 0 Å². The molecule has 1 atom stereocenters.